The van der Waals surface area contributed by atoms with Gasteiger partial charge in [-0.1, -0.05) is 35.9 Å². The highest BCUT2D eigenvalue weighted by Gasteiger charge is 2.09. The van der Waals surface area contributed by atoms with Gasteiger partial charge in [-0.25, -0.2) is 9.97 Å². The van der Waals surface area contributed by atoms with Crippen LogP contribution in [-0.2, 0) is 0 Å². The second-order valence-electron chi connectivity index (χ2n) is 4.88. The molecule has 0 N–H and O–H groups in total. The van der Waals surface area contributed by atoms with Crippen LogP contribution in [0.2, 0.25) is 5.02 Å². The summed E-state index contributed by atoms with van der Waals surface area (Å²) in [6.07, 6.45) is 8.91. The standard InChI is InChI=1S/C17H11ClN4/c18-15-9-20-17(14-6-2-1-5-13(14)15)22-10-16(21-11-22)12-4-3-7-19-8-12/h1-11H. The zero-order valence-corrected chi connectivity index (χ0v) is 12.3. The van der Waals surface area contributed by atoms with Gasteiger partial charge in [0, 0.05) is 41.1 Å². The zero-order chi connectivity index (χ0) is 14.9. The lowest BCUT2D eigenvalue weighted by Crippen LogP contribution is -1.95. The second kappa shape index (κ2) is 5.24. The number of benzene rings is 1. The predicted octanol–water partition coefficient (Wildman–Crippen LogP) is 4.14. The van der Waals surface area contributed by atoms with Crippen molar-refractivity contribution in [3.8, 4) is 17.1 Å². The minimum Gasteiger partial charge on any atom is -0.289 e. The molecule has 106 valence electrons. The number of rotatable bonds is 2. The summed E-state index contributed by atoms with van der Waals surface area (Å²) in [4.78, 5) is 13.0. The molecule has 3 heterocycles. The molecule has 22 heavy (non-hydrogen) atoms. The van der Waals surface area contributed by atoms with Crippen LogP contribution in [0.4, 0.5) is 0 Å². The third kappa shape index (κ3) is 2.14. The number of pyridine rings is 2. The predicted molar refractivity (Wildman–Crippen MR) is 87.1 cm³/mol. The van der Waals surface area contributed by atoms with E-state index >= 15 is 0 Å². The van der Waals surface area contributed by atoms with Gasteiger partial charge >= 0.3 is 0 Å². The molecule has 1 aromatic carbocycles. The van der Waals surface area contributed by atoms with Crippen molar-refractivity contribution in [1.82, 2.24) is 19.5 Å². The Hall–Kier alpha value is -2.72. The first-order valence-electron chi connectivity index (χ1n) is 6.81. The number of imidazole rings is 1. The molecule has 0 radical (unpaired) electrons. The third-order valence-electron chi connectivity index (χ3n) is 3.51. The fraction of sp³-hybridized carbons (Fsp3) is 0. The molecule has 4 nitrogen and oxygen atoms in total. The third-order valence-corrected chi connectivity index (χ3v) is 3.81. The molecule has 0 unspecified atom stereocenters. The first-order valence-corrected chi connectivity index (χ1v) is 7.19. The van der Waals surface area contributed by atoms with Crippen molar-refractivity contribution < 1.29 is 0 Å². The Morgan fingerprint density at radius 3 is 2.59 bits per heavy atom. The van der Waals surface area contributed by atoms with Gasteiger partial charge in [-0.2, -0.15) is 0 Å². The van der Waals surface area contributed by atoms with Crippen molar-refractivity contribution >= 4 is 22.4 Å². The van der Waals surface area contributed by atoms with E-state index in [0.717, 1.165) is 27.8 Å². The molecule has 0 spiro atoms. The maximum atomic E-state index is 6.22. The van der Waals surface area contributed by atoms with Crippen molar-refractivity contribution in [3.63, 3.8) is 0 Å². The van der Waals surface area contributed by atoms with E-state index in [1.807, 2.05) is 47.2 Å². The molecule has 0 saturated carbocycles. The van der Waals surface area contributed by atoms with E-state index in [1.165, 1.54) is 0 Å². The van der Waals surface area contributed by atoms with E-state index in [0.29, 0.717) is 5.02 Å². The number of fused-ring (bicyclic) bond motifs is 1. The van der Waals surface area contributed by atoms with Crippen LogP contribution in [0.5, 0.6) is 0 Å². The van der Waals surface area contributed by atoms with Crippen LogP contribution in [0.15, 0.2) is 67.5 Å². The van der Waals surface area contributed by atoms with Gasteiger partial charge in [-0.05, 0) is 12.1 Å². The van der Waals surface area contributed by atoms with E-state index < -0.39 is 0 Å². The molecule has 0 aliphatic rings. The van der Waals surface area contributed by atoms with E-state index in [-0.39, 0.29) is 0 Å². The molecular weight excluding hydrogens is 296 g/mol. The van der Waals surface area contributed by atoms with Gasteiger partial charge in [-0.3, -0.25) is 9.55 Å². The minimum atomic E-state index is 0.645. The SMILES string of the molecule is Clc1cnc(-n2cnc(-c3cccnc3)c2)c2ccccc12. The fourth-order valence-electron chi connectivity index (χ4n) is 2.45. The van der Waals surface area contributed by atoms with Crippen LogP contribution in [0.25, 0.3) is 27.8 Å². The molecule has 0 fully saturated rings. The van der Waals surface area contributed by atoms with Gasteiger partial charge in [-0.15, -0.1) is 0 Å². The van der Waals surface area contributed by atoms with Crippen LogP contribution in [0, 0.1) is 0 Å². The summed E-state index contributed by atoms with van der Waals surface area (Å²) in [5.74, 6) is 0.808. The number of aromatic nitrogens is 4. The normalized spacial score (nSPS) is 11.0. The van der Waals surface area contributed by atoms with Gasteiger partial charge in [0.05, 0.1) is 10.7 Å². The van der Waals surface area contributed by atoms with Crippen molar-refractivity contribution in [2.24, 2.45) is 0 Å². The van der Waals surface area contributed by atoms with Crippen LogP contribution in [0.3, 0.4) is 0 Å². The summed E-state index contributed by atoms with van der Waals surface area (Å²) in [6.45, 7) is 0. The Bertz CT molecular complexity index is 947. The highest BCUT2D eigenvalue weighted by atomic mass is 35.5. The fourth-order valence-corrected chi connectivity index (χ4v) is 2.66. The van der Waals surface area contributed by atoms with Crippen molar-refractivity contribution in [2.75, 3.05) is 0 Å². The summed E-state index contributed by atoms with van der Waals surface area (Å²) >= 11 is 6.22. The Kier molecular flexibility index (Phi) is 3.09. The molecule has 0 bridgehead atoms. The number of halogens is 1. The van der Waals surface area contributed by atoms with E-state index in [9.17, 15) is 0 Å². The van der Waals surface area contributed by atoms with Gasteiger partial charge in [0.15, 0.2) is 0 Å². The van der Waals surface area contributed by atoms with Crippen molar-refractivity contribution in [3.05, 3.63) is 72.5 Å². The Morgan fingerprint density at radius 2 is 1.77 bits per heavy atom. The maximum absolute atomic E-state index is 6.22. The largest absolute Gasteiger partial charge is 0.289 e. The summed E-state index contributed by atoms with van der Waals surface area (Å²) in [5, 5.41) is 2.61. The lowest BCUT2D eigenvalue weighted by Gasteiger charge is -2.07. The summed E-state index contributed by atoms with van der Waals surface area (Å²) in [5.41, 5.74) is 1.83. The molecule has 4 rings (SSSR count). The quantitative estimate of drug-likeness (QED) is 0.559. The van der Waals surface area contributed by atoms with E-state index in [2.05, 4.69) is 15.0 Å². The van der Waals surface area contributed by atoms with Gasteiger partial charge in [0.2, 0.25) is 0 Å². The minimum absolute atomic E-state index is 0.645. The lowest BCUT2D eigenvalue weighted by atomic mass is 10.1. The molecular formula is C17H11ClN4. The first-order chi connectivity index (χ1) is 10.8. The molecule has 0 atom stereocenters. The summed E-state index contributed by atoms with van der Waals surface area (Å²) in [6, 6.07) is 11.8. The highest BCUT2D eigenvalue weighted by molar-refractivity contribution is 6.35. The van der Waals surface area contributed by atoms with Gasteiger partial charge < -0.3 is 0 Å². The van der Waals surface area contributed by atoms with E-state index in [1.54, 1.807) is 24.9 Å². The molecule has 3 aromatic heterocycles. The van der Waals surface area contributed by atoms with E-state index in [4.69, 9.17) is 11.6 Å². The molecule has 0 saturated heterocycles. The first kappa shape index (κ1) is 13.0. The highest BCUT2D eigenvalue weighted by Crippen LogP contribution is 2.27. The summed E-state index contributed by atoms with van der Waals surface area (Å²) in [7, 11) is 0. The lowest BCUT2D eigenvalue weighted by molar-refractivity contribution is 1.01. The molecule has 4 aromatic rings. The maximum Gasteiger partial charge on any atom is 0.145 e. The molecule has 0 aliphatic carbocycles. The van der Waals surface area contributed by atoms with Crippen LogP contribution >= 0.6 is 11.6 Å². The Balaban J connectivity index is 1.87. The Labute approximate surface area is 132 Å². The average Bonchev–Trinajstić information content (AvgIpc) is 3.06. The van der Waals surface area contributed by atoms with Crippen LogP contribution < -0.4 is 0 Å². The van der Waals surface area contributed by atoms with Crippen LogP contribution in [0.1, 0.15) is 0 Å². The van der Waals surface area contributed by atoms with Crippen molar-refractivity contribution in [2.45, 2.75) is 0 Å². The monoisotopic (exact) mass is 306 g/mol. The Morgan fingerprint density at radius 1 is 0.909 bits per heavy atom. The molecule has 0 aliphatic heterocycles. The smallest absolute Gasteiger partial charge is 0.145 e. The number of hydrogen-bond donors (Lipinski definition) is 0. The molecule has 0 amide bonds. The number of hydrogen-bond acceptors (Lipinski definition) is 3. The average molecular weight is 307 g/mol. The molecule has 5 heteroatoms. The summed E-state index contributed by atoms with van der Waals surface area (Å²) < 4.78 is 1.90. The topological polar surface area (TPSA) is 43.6 Å². The van der Waals surface area contributed by atoms with Gasteiger partial charge in [0.25, 0.3) is 0 Å². The van der Waals surface area contributed by atoms with Crippen LogP contribution in [-0.4, -0.2) is 19.5 Å². The van der Waals surface area contributed by atoms with Gasteiger partial charge in [0.1, 0.15) is 12.1 Å². The van der Waals surface area contributed by atoms with Crippen molar-refractivity contribution in [1.29, 1.82) is 0 Å². The number of nitrogens with zero attached hydrogens (tertiary/aromatic N) is 4. The zero-order valence-electron chi connectivity index (χ0n) is 11.5. The second-order valence-corrected chi connectivity index (χ2v) is 5.29.